The third-order valence-electron chi connectivity index (χ3n) is 2.69. The van der Waals surface area contributed by atoms with Crippen LogP contribution in [-0.2, 0) is 11.3 Å². The first-order chi connectivity index (χ1) is 9.06. The van der Waals surface area contributed by atoms with E-state index in [-0.39, 0.29) is 6.54 Å². The normalized spacial score (nSPS) is 10.6. The number of carboxylic acids is 1. The fraction of sp³-hybridized carbons (Fsp3) is 0.214. The van der Waals surface area contributed by atoms with Crippen molar-refractivity contribution in [1.82, 2.24) is 5.32 Å². The lowest BCUT2D eigenvalue weighted by Crippen LogP contribution is -2.21. The molecule has 0 aliphatic rings. The van der Waals surface area contributed by atoms with E-state index >= 15 is 0 Å². The van der Waals surface area contributed by atoms with Crippen molar-refractivity contribution in [2.75, 3.05) is 6.54 Å². The number of aliphatic carboxylic acids is 1. The van der Waals surface area contributed by atoms with Crippen LogP contribution in [0.25, 0.3) is 11.3 Å². The number of carboxylic acid groups (broad SMARTS) is 1. The molecule has 4 nitrogen and oxygen atoms in total. The Balaban J connectivity index is 2.10. The van der Waals surface area contributed by atoms with Gasteiger partial charge in [0.2, 0.25) is 0 Å². The number of hydrogen-bond donors (Lipinski definition) is 2. The van der Waals surface area contributed by atoms with E-state index in [9.17, 15) is 4.79 Å². The lowest BCUT2D eigenvalue weighted by atomic mass is 10.1. The van der Waals surface area contributed by atoms with Gasteiger partial charge in [-0.3, -0.25) is 10.1 Å². The summed E-state index contributed by atoms with van der Waals surface area (Å²) in [5, 5.41) is 11.3. The Morgan fingerprint density at radius 1 is 1.37 bits per heavy atom. The van der Waals surface area contributed by atoms with Gasteiger partial charge in [-0.1, -0.05) is 15.9 Å². The van der Waals surface area contributed by atoms with E-state index in [2.05, 4.69) is 21.2 Å². The van der Waals surface area contributed by atoms with E-state index in [0.29, 0.717) is 6.54 Å². The lowest BCUT2D eigenvalue weighted by molar-refractivity contribution is -0.136. The zero-order chi connectivity index (χ0) is 13.8. The van der Waals surface area contributed by atoms with Crippen LogP contribution in [0.4, 0.5) is 0 Å². The maximum Gasteiger partial charge on any atom is 0.317 e. The van der Waals surface area contributed by atoms with Crippen LogP contribution in [0.2, 0.25) is 0 Å². The van der Waals surface area contributed by atoms with Crippen molar-refractivity contribution >= 4 is 21.9 Å². The molecule has 2 N–H and O–H groups in total. The van der Waals surface area contributed by atoms with E-state index in [1.54, 1.807) is 0 Å². The highest BCUT2D eigenvalue weighted by Gasteiger charge is 2.08. The predicted octanol–water partition coefficient (Wildman–Crippen LogP) is 3.19. The molecular weight excluding hydrogens is 310 g/mol. The molecule has 0 fully saturated rings. The van der Waals surface area contributed by atoms with Crippen molar-refractivity contribution in [1.29, 1.82) is 0 Å². The molecular formula is C14H14BrNO3. The standard InChI is InChI=1S/C14H14BrNO3/c1-9-6-10(15)2-4-12(9)13-5-3-11(19-13)7-16-8-14(17)18/h2-6,16H,7-8H2,1H3,(H,17,18). The van der Waals surface area contributed by atoms with Crippen LogP contribution in [-0.4, -0.2) is 17.6 Å². The molecule has 0 amide bonds. The van der Waals surface area contributed by atoms with Crippen molar-refractivity contribution in [2.24, 2.45) is 0 Å². The second-order valence-electron chi connectivity index (χ2n) is 4.22. The Kier molecular flexibility index (Phi) is 4.39. The van der Waals surface area contributed by atoms with E-state index in [1.165, 1.54) is 0 Å². The summed E-state index contributed by atoms with van der Waals surface area (Å²) in [6.45, 7) is 2.35. The second kappa shape index (κ2) is 6.04. The average molecular weight is 324 g/mol. The highest BCUT2D eigenvalue weighted by molar-refractivity contribution is 9.10. The summed E-state index contributed by atoms with van der Waals surface area (Å²) in [5.74, 6) is 0.631. The first-order valence-corrected chi connectivity index (χ1v) is 6.63. The summed E-state index contributed by atoms with van der Waals surface area (Å²) < 4.78 is 6.73. The Hall–Kier alpha value is -1.59. The highest BCUT2D eigenvalue weighted by Crippen LogP contribution is 2.27. The third-order valence-corrected chi connectivity index (χ3v) is 3.18. The molecule has 19 heavy (non-hydrogen) atoms. The number of carbonyl (C=O) groups is 1. The van der Waals surface area contributed by atoms with E-state index < -0.39 is 5.97 Å². The first-order valence-electron chi connectivity index (χ1n) is 5.84. The van der Waals surface area contributed by atoms with E-state index in [1.807, 2.05) is 37.3 Å². The van der Waals surface area contributed by atoms with E-state index in [0.717, 1.165) is 27.1 Å². The van der Waals surface area contributed by atoms with Gasteiger partial charge < -0.3 is 9.52 Å². The summed E-state index contributed by atoms with van der Waals surface area (Å²) in [7, 11) is 0. The van der Waals surface area contributed by atoms with Crippen molar-refractivity contribution in [3.8, 4) is 11.3 Å². The molecule has 2 aromatic rings. The molecule has 0 unspecified atom stereocenters. The average Bonchev–Trinajstić information content (AvgIpc) is 2.77. The van der Waals surface area contributed by atoms with Gasteiger partial charge in [-0.15, -0.1) is 0 Å². The predicted molar refractivity (Wildman–Crippen MR) is 75.9 cm³/mol. The van der Waals surface area contributed by atoms with Crippen molar-refractivity contribution < 1.29 is 14.3 Å². The van der Waals surface area contributed by atoms with Gasteiger partial charge in [0.05, 0.1) is 13.1 Å². The Labute approximate surface area is 119 Å². The van der Waals surface area contributed by atoms with Gasteiger partial charge in [0.15, 0.2) is 0 Å². The molecule has 1 heterocycles. The number of halogens is 1. The van der Waals surface area contributed by atoms with Crippen molar-refractivity contribution in [2.45, 2.75) is 13.5 Å². The topological polar surface area (TPSA) is 62.5 Å². The Morgan fingerprint density at radius 2 is 2.16 bits per heavy atom. The minimum atomic E-state index is -0.879. The van der Waals surface area contributed by atoms with Crippen LogP contribution in [0.1, 0.15) is 11.3 Å². The van der Waals surface area contributed by atoms with Crippen molar-refractivity contribution in [3.63, 3.8) is 0 Å². The molecule has 0 aliphatic carbocycles. The van der Waals surface area contributed by atoms with Crippen molar-refractivity contribution in [3.05, 3.63) is 46.1 Å². The van der Waals surface area contributed by atoms with E-state index in [4.69, 9.17) is 9.52 Å². The Morgan fingerprint density at radius 3 is 2.84 bits per heavy atom. The SMILES string of the molecule is Cc1cc(Br)ccc1-c1ccc(CNCC(=O)O)o1. The summed E-state index contributed by atoms with van der Waals surface area (Å²) in [4.78, 5) is 10.4. The summed E-state index contributed by atoms with van der Waals surface area (Å²) in [6, 6.07) is 9.74. The van der Waals surface area contributed by atoms with Gasteiger partial charge in [0.1, 0.15) is 11.5 Å². The van der Waals surface area contributed by atoms with Crippen LogP contribution in [0.3, 0.4) is 0 Å². The molecule has 0 aliphatic heterocycles. The number of nitrogens with one attached hydrogen (secondary N) is 1. The second-order valence-corrected chi connectivity index (χ2v) is 5.14. The summed E-state index contributed by atoms with van der Waals surface area (Å²) in [5.41, 5.74) is 2.15. The molecule has 0 bridgehead atoms. The number of hydrogen-bond acceptors (Lipinski definition) is 3. The maximum atomic E-state index is 10.4. The largest absolute Gasteiger partial charge is 0.480 e. The summed E-state index contributed by atoms with van der Waals surface area (Å²) >= 11 is 3.43. The molecule has 0 atom stereocenters. The molecule has 0 radical (unpaired) electrons. The number of benzene rings is 1. The lowest BCUT2D eigenvalue weighted by Gasteiger charge is -2.03. The number of aryl methyl sites for hydroxylation is 1. The monoisotopic (exact) mass is 323 g/mol. The van der Waals surface area contributed by atoms with Gasteiger partial charge in [-0.25, -0.2) is 0 Å². The van der Waals surface area contributed by atoms with Gasteiger partial charge in [0, 0.05) is 10.0 Å². The zero-order valence-electron chi connectivity index (χ0n) is 10.4. The highest BCUT2D eigenvalue weighted by atomic mass is 79.9. The number of furan rings is 1. The van der Waals surface area contributed by atoms with Crippen LogP contribution in [0.15, 0.2) is 39.2 Å². The van der Waals surface area contributed by atoms with Crippen LogP contribution in [0, 0.1) is 6.92 Å². The molecule has 5 heteroatoms. The van der Waals surface area contributed by atoms with Crippen LogP contribution in [0.5, 0.6) is 0 Å². The minimum Gasteiger partial charge on any atom is -0.480 e. The first kappa shape index (κ1) is 13.8. The Bertz CT molecular complexity index is 592. The van der Waals surface area contributed by atoms with Gasteiger partial charge >= 0.3 is 5.97 Å². The molecule has 2 rings (SSSR count). The van der Waals surface area contributed by atoms with Crippen LogP contribution >= 0.6 is 15.9 Å². The molecule has 1 aromatic carbocycles. The summed E-state index contributed by atoms with van der Waals surface area (Å²) in [6.07, 6.45) is 0. The quantitative estimate of drug-likeness (QED) is 0.887. The third kappa shape index (κ3) is 3.68. The molecule has 0 spiro atoms. The molecule has 100 valence electrons. The van der Waals surface area contributed by atoms with Gasteiger partial charge in [-0.05, 0) is 42.8 Å². The molecule has 0 saturated carbocycles. The van der Waals surface area contributed by atoms with Gasteiger partial charge in [0.25, 0.3) is 0 Å². The maximum absolute atomic E-state index is 10.4. The van der Waals surface area contributed by atoms with Gasteiger partial charge in [-0.2, -0.15) is 0 Å². The fourth-order valence-corrected chi connectivity index (χ4v) is 2.29. The minimum absolute atomic E-state index is 0.0760. The number of rotatable bonds is 5. The molecule has 0 saturated heterocycles. The fourth-order valence-electron chi connectivity index (χ4n) is 1.81. The zero-order valence-corrected chi connectivity index (χ0v) is 12.0. The van der Waals surface area contributed by atoms with Crippen LogP contribution < -0.4 is 5.32 Å². The smallest absolute Gasteiger partial charge is 0.317 e. The molecule has 1 aromatic heterocycles.